The molecule has 31 heavy (non-hydrogen) atoms. The summed E-state index contributed by atoms with van der Waals surface area (Å²) >= 11 is 7.46. The molecule has 0 radical (unpaired) electrons. The van der Waals surface area contributed by atoms with Crippen molar-refractivity contribution < 1.29 is 4.74 Å². The van der Waals surface area contributed by atoms with Gasteiger partial charge in [-0.2, -0.15) is 0 Å². The fourth-order valence-corrected chi connectivity index (χ4v) is 4.29. The number of thiazole rings is 1. The molecule has 1 atom stereocenters. The first kappa shape index (κ1) is 21.5. The smallest absolute Gasteiger partial charge is 0.151 e. The predicted molar refractivity (Wildman–Crippen MR) is 127 cm³/mol. The number of hydrogen-bond donors (Lipinski definition) is 0. The van der Waals surface area contributed by atoms with Crippen LogP contribution in [0, 0.1) is 5.92 Å². The molecule has 0 bridgehead atoms. The van der Waals surface area contributed by atoms with E-state index in [0.717, 1.165) is 22.0 Å². The highest BCUT2D eigenvalue weighted by atomic mass is 35.5. The average Bonchev–Trinajstić information content (AvgIpc) is 3.32. The summed E-state index contributed by atoms with van der Waals surface area (Å²) in [7, 11) is 0. The molecule has 0 N–H and O–H groups in total. The van der Waals surface area contributed by atoms with Gasteiger partial charge in [0.1, 0.15) is 17.4 Å². The topological polar surface area (TPSA) is 47.9 Å². The molecule has 0 spiro atoms. The number of ether oxygens (including phenoxy) is 1. The van der Waals surface area contributed by atoms with E-state index in [1.807, 2.05) is 23.6 Å². The maximum absolute atomic E-state index is 5.88. The van der Waals surface area contributed by atoms with Crippen molar-refractivity contribution in [2.75, 3.05) is 0 Å². The molecule has 0 amide bonds. The van der Waals surface area contributed by atoms with Crippen LogP contribution in [0.2, 0.25) is 5.15 Å². The summed E-state index contributed by atoms with van der Waals surface area (Å²) < 4.78 is 5.88. The van der Waals surface area contributed by atoms with E-state index in [2.05, 4.69) is 72.4 Å². The summed E-state index contributed by atoms with van der Waals surface area (Å²) in [6, 6.07) is 20.6. The molecule has 0 saturated carbocycles. The lowest BCUT2D eigenvalue weighted by atomic mass is 9.68. The lowest BCUT2D eigenvalue weighted by Crippen LogP contribution is -2.30. The van der Waals surface area contributed by atoms with Crippen LogP contribution in [0.5, 0.6) is 5.75 Å². The van der Waals surface area contributed by atoms with Gasteiger partial charge in [-0.1, -0.05) is 68.8 Å². The minimum Gasteiger partial charge on any atom is -0.486 e. The lowest BCUT2D eigenvalue weighted by molar-refractivity contribution is 0.305. The number of nitrogens with zero attached hydrogens (tertiary/aromatic N) is 3. The van der Waals surface area contributed by atoms with Gasteiger partial charge in [-0.25, -0.2) is 4.98 Å². The third kappa shape index (κ3) is 4.63. The van der Waals surface area contributed by atoms with E-state index in [1.54, 1.807) is 23.6 Å². The van der Waals surface area contributed by atoms with Gasteiger partial charge in [-0.15, -0.1) is 21.5 Å². The molecule has 4 aromatic rings. The minimum atomic E-state index is -0.141. The SMILES string of the molecule is CC(C)C(C)(c1ccc(OCc2nccs2)cc1)c1ccc(-c2ccc(Cl)nn2)cc1. The first-order valence-corrected chi connectivity index (χ1v) is 11.4. The number of halogens is 1. The first-order chi connectivity index (χ1) is 15.0. The van der Waals surface area contributed by atoms with E-state index in [4.69, 9.17) is 16.3 Å². The Morgan fingerprint density at radius 3 is 2.16 bits per heavy atom. The Bertz CT molecular complexity index is 1110. The van der Waals surface area contributed by atoms with E-state index < -0.39 is 0 Å². The molecule has 0 fully saturated rings. The van der Waals surface area contributed by atoms with E-state index in [1.165, 1.54) is 11.1 Å². The number of rotatable bonds is 7. The molecular formula is C25H24ClN3OS. The first-order valence-electron chi connectivity index (χ1n) is 10.2. The molecule has 2 aromatic heterocycles. The summed E-state index contributed by atoms with van der Waals surface area (Å²) in [6.07, 6.45) is 1.80. The molecule has 1 unspecified atom stereocenters. The Hall–Kier alpha value is -2.76. The van der Waals surface area contributed by atoms with Crippen molar-refractivity contribution in [3.8, 4) is 17.0 Å². The Kier molecular flexibility index (Phi) is 6.35. The van der Waals surface area contributed by atoms with Gasteiger partial charge in [0.2, 0.25) is 0 Å². The van der Waals surface area contributed by atoms with Crippen LogP contribution >= 0.6 is 22.9 Å². The van der Waals surface area contributed by atoms with Crippen molar-refractivity contribution in [3.05, 3.63) is 93.5 Å². The molecule has 0 aliphatic heterocycles. The third-order valence-corrected chi connectivity index (χ3v) is 6.82. The van der Waals surface area contributed by atoms with Gasteiger partial charge >= 0.3 is 0 Å². The predicted octanol–water partition coefficient (Wildman–Crippen LogP) is 6.79. The van der Waals surface area contributed by atoms with Gasteiger partial charge in [0.25, 0.3) is 0 Å². The van der Waals surface area contributed by atoms with Crippen LogP contribution in [0.25, 0.3) is 11.3 Å². The highest BCUT2D eigenvalue weighted by Gasteiger charge is 2.32. The number of hydrogen-bond acceptors (Lipinski definition) is 5. The second kappa shape index (κ2) is 9.16. The number of aromatic nitrogens is 3. The molecule has 0 aliphatic rings. The maximum atomic E-state index is 5.88. The second-order valence-electron chi connectivity index (χ2n) is 7.91. The molecule has 158 valence electrons. The van der Waals surface area contributed by atoms with Gasteiger partial charge in [-0.3, -0.25) is 0 Å². The Balaban J connectivity index is 1.57. The number of benzene rings is 2. The zero-order valence-electron chi connectivity index (χ0n) is 17.7. The second-order valence-corrected chi connectivity index (χ2v) is 9.28. The van der Waals surface area contributed by atoms with E-state index in [0.29, 0.717) is 17.7 Å². The summed E-state index contributed by atoms with van der Waals surface area (Å²) in [5, 5.41) is 11.4. The van der Waals surface area contributed by atoms with Crippen LogP contribution in [0.3, 0.4) is 0 Å². The fourth-order valence-electron chi connectivity index (χ4n) is 3.66. The molecule has 0 saturated heterocycles. The lowest BCUT2D eigenvalue weighted by Gasteiger charge is -2.35. The Labute approximate surface area is 191 Å². The average molecular weight is 450 g/mol. The summed E-state index contributed by atoms with van der Waals surface area (Å²) in [6.45, 7) is 7.30. The Morgan fingerprint density at radius 1 is 0.935 bits per heavy atom. The van der Waals surface area contributed by atoms with E-state index in [9.17, 15) is 0 Å². The van der Waals surface area contributed by atoms with Crippen LogP contribution in [-0.2, 0) is 12.0 Å². The normalized spacial score (nSPS) is 13.2. The van der Waals surface area contributed by atoms with Crippen LogP contribution < -0.4 is 4.74 Å². The molecule has 4 rings (SSSR count). The molecule has 2 heterocycles. The quantitative estimate of drug-likeness (QED) is 0.311. The third-order valence-electron chi connectivity index (χ3n) is 5.87. The minimum absolute atomic E-state index is 0.141. The van der Waals surface area contributed by atoms with Gasteiger partial charge in [0, 0.05) is 22.6 Å². The van der Waals surface area contributed by atoms with Crippen LogP contribution in [0.15, 0.2) is 72.2 Å². The highest BCUT2D eigenvalue weighted by molar-refractivity contribution is 7.09. The largest absolute Gasteiger partial charge is 0.486 e. The van der Waals surface area contributed by atoms with Crippen molar-refractivity contribution in [2.24, 2.45) is 5.92 Å². The van der Waals surface area contributed by atoms with Crippen LogP contribution in [0.1, 0.15) is 36.9 Å². The van der Waals surface area contributed by atoms with Gasteiger partial charge in [0.05, 0.1) is 5.69 Å². The highest BCUT2D eigenvalue weighted by Crippen LogP contribution is 2.40. The summed E-state index contributed by atoms with van der Waals surface area (Å²) in [5.74, 6) is 1.25. The standard InChI is InChI=1S/C25H24ClN3OS/c1-17(2)25(3,19-6-4-18(5-7-19)22-12-13-23(26)29-28-22)20-8-10-21(11-9-20)30-16-24-27-14-15-31-24/h4-15,17H,16H2,1-3H3. The van der Waals surface area contributed by atoms with E-state index >= 15 is 0 Å². The van der Waals surface area contributed by atoms with Crippen LogP contribution in [0.4, 0.5) is 0 Å². The van der Waals surface area contributed by atoms with Crippen molar-refractivity contribution in [2.45, 2.75) is 32.8 Å². The van der Waals surface area contributed by atoms with Crippen LogP contribution in [-0.4, -0.2) is 15.2 Å². The molecule has 4 nitrogen and oxygen atoms in total. The molecule has 2 aromatic carbocycles. The van der Waals surface area contributed by atoms with Gasteiger partial charge in [0.15, 0.2) is 5.15 Å². The van der Waals surface area contributed by atoms with Gasteiger partial charge in [-0.05, 0) is 41.3 Å². The zero-order valence-corrected chi connectivity index (χ0v) is 19.3. The summed E-state index contributed by atoms with van der Waals surface area (Å²) in [5.41, 5.74) is 4.19. The maximum Gasteiger partial charge on any atom is 0.151 e. The Morgan fingerprint density at radius 2 is 1.61 bits per heavy atom. The van der Waals surface area contributed by atoms with Crippen molar-refractivity contribution >= 4 is 22.9 Å². The van der Waals surface area contributed by atoms with E-state index in [-0.39, 0.29) is 5.41 Å². The van der Waals surface area contributed by atoms with Crippen molar-refractivity contribution in [3.63, 3.8) is 0 Å². The molecule has 0 aliphatic carbocycles. The zero-order chi connectivity index (χ0) is 21.8. The summed E-state index contributed by atoms with van der Waals surface area (Å²) in [4.78, 5) is 4.26. The monoisotopic (exact) mass is 449 g/mol. The fraction of sp³-hybridized carbons (Fsp3) is 0.240. The molecule has 6 heteroatoms. The van der Waals surface area contributed by atoms with Crippen molar-refractivity contribution in [1.29, 1.82) is 0 Å². The van der Waals surface area contributed by atoms with Gasteiger partial charge < -0.3 is 4.74 Å². The van der Waals surface area contributed by atoms with Crippen molar-refractivity contribution in [1.82, 2.24) is 15.2 Å². The molecular weight excluding hydrogens is 426 g/mol.